The molecule has 0 bridgehead atoms. The van der Waals surface area contributed by atoms with Crippen molar-refractivity contribution in [3.05, 3.63) is 29.8 Å². The average molecular weight is 287 g/mol. The number of amides is 1. The number of carbonyl (C=O) groups is 1. The van der Waals surface area contributed by atoms with Crippen LogP contribution < -0.4 is 5.32 Å². The van der Waals surface area contributed by atoms with Crippen molar-refractivity contribution in [3.8, 4) is 6.07 Å². The predicted octanol–water partition coefficient (Wildman–Crippen LogP) is 1.73. The summed E-state index contributed by atoms with van der Waals surface area (Å²) in [5, 5.41) is 21.8. The second-order valence-corrected chi connectivity index (χ2v) is 5.86. The molecule has 5 nitrogen and oxygen atoms in total. The first-order valence-corrected chi connectivity index (χ1v) is 7.19. The highest BCUT2D eigenvalue weighted by Crippen LogP contribution is 2.23. The lowest BCUT2D eigenvalue weighted by Gasteiger charge is -2.38. The van der Waals surface area contributed by atoms with Crippen LogP contribution in [0.5, 0.6) is 0 Å². The standard InChI is InChI=1S/C16H21N3O2/c1-12(19-9-7-16(2,21)8-10-19)15(20)18-14-6-4-3-5-13(14)11-17/h3-6,12,21H,7-10H2,1-2H3,(H,18,20). The molecule has 1 atom stereocenters. The van der Waals surface area contributed by atoms with Gasteiger partial charge in [0.2, 0.25) is 5.91 Å². The third kappa shape index (κ3) is 3.81. The SMILES string of the molecule is CC(C(=O)Nc1ccccc1C#N)N1CCC(C)(O)CC1. The summed E-state index contributed by atoms with van der Waals surface area (Å²) in [6.07, 6.45) is 1.33. The minimum absolute atomic E-state index is 0.126. The Morgan fingerprint density at radius 3 is 2.67 bits per heavy atom. The molecule has 1 aliphatic rings. The van der Waals surface area contributed by atoms with Crippen molar-refractivity contribution in [2.24, 2.45) is 0 Å². The van der Waals surface area contributed by atoms with Crippen molar-refractivity contribution in [2.45, 2.75) is 38.3 Å². The van der Waals surface area contributed by atoms with Crippen LogP contribution in [-0.4, -0.2) is 40.6 Å². The number of likely N-dealkylation sites (tertiary alicyclic amines) is 1. The molecule has 5 heteroatoms. The molecule has 1 aliphatic heterocycles. The molecule has 2 rings (SSSR count). The Kier molecular flexibility index (Phi) is 4.61. The largest absolute Gasteiger partial charge is 0.390 e. The van der Waals surface area contributed by atoms with Crippen molar-refractivity contribution in [1.82, 2.24) is 4.90 Å². The van der Waals surface area contributed by atoms with E-state index in [1.807, 2.05) is 13.8 Å². The van der Waals surface area contributed by atoms with Gasteiger partial charge in [0.25, 0.3) is 0 Å². The van der Waals surface area contributed by atoms with E-state index < -0.39 is 5.60 Å². The minimum atomic E-state index is -0.625. The zero-order valence-corrected chi connectivity index (χ0v) is 12.5. The number of piperidine rings is 1. The van der Waals surface area contributed by atoms with E-state index in [2.05, 4.69) is 16.3 Å². The summed E-state index contributed by atoms with van der Waals surface area (Å²) in [5.74, 6) is -0.126. The number of para-hydroxylation sites is 1. The van der Waals surface area contributed by atoms with Crippen molar-refractivity contribution in [1.29, 1.82) is 5.26 Å². The van der Waals surface area contributed by atoms with E-state index in [1.54, 1.807) is 24.3 Å². The van der Waals surface area contributed by atoms with Crippen LogP contribution in [0.2, 0.25) is 0 Å². The fourth-order valence-electron chi connectivity index (χ4n) is 2.49. The molecule has 112 valence electrons. The van der Waals surface area contributed by atoms with E-state index in [-0.39, 0.29) is 11.9 Å². The number of carbonyl (C=O) groups excluding carboxylic acids is 1. The van der Waals surface area contributed by atoms with Gasteiger partial charge in [0, 0.05) is 13.1 Å². The summed E-state index contributed by atoms with van der Waals surface area (Å²) in [6, 6.07) is 8.75. The second-order valence-electron chi connectivity index (χ2n) is 5.86. The van der Waals surface area contributed by atoms with E-state index in [9.17, 15) is 9.90 Å². The number of nitriles is 1. The Balaban J connectivity index is 1.99. The maximum atomic E-state index is 12.3. The first-order chi connectivity index (χ1) is 9.93. The first-order valence-electron chi connectivity index (χ1n) is 7.19. The third-order valence-electron chi connectivity index (χ3n) is 4.11. The summed E-state index contributed by atoms with van der Waals surface area (Å²) < 4.78 is 0. The Labute approximate surface area is 125 Å². The lowest BCUT2D eigenvalue weighted by molar-refractivity contribution is -0.122. The smallest absolute Gasteiger partial charge is 0.241 e. The van der Waals surface area contributed by atoms with Crippen molar-refractivity contribution in [2.75, 3.05) is 18.4 Å². The van der Waals surface area contributed by atoms with E-state index in [1.165, 1.54) is 0 Å². The summed E-state index contributed by atoms with van der Waals surface area (Å²) in [7, 11) is 0. The maximum Gasteiger partial charge on any atom is 0.241 e. The molecule has 1 aromatic carbocycles. The van der Waals surface area contributed by atoms with E-state index >= 15 is 0 Å². The van der Waals surface area contributed by atoms with Gasteiger partial charge >= 0.3 is 0 Å². The third-order valence-corrected chi connectivity index (χ3v) is 4.11. The number of aliphatic hydroxyl groups is 1. The topological polar surface area (TPSA) is 76.4 Å². The zero-order chi connectivity index (χ0) is 15.5. The first kappa shape index (κ1) is 15.5. The second kappa shape index (κ2) is 6.25. The minimum Gasteiger partial charge on any atom is -0.390 e. The Hall–Kier alpha value is -1.90. The van der Waals surface area contributed by atoms with Crippen LogP contribution in [0, 0.1) is 11.3 Å². The molecule has 1 amide bonds. The lowest BCUT2D eigenvalue weighted by Crippen LogP contribution is -2.50. The molecular formula is C16H21N3O2. The molecule has 1 aromatic rings. The van der Waals surface area contributed by atoms with Gasteiger partial charge in [-0.2, -0.15) is 5.26 Å². The highest BCUT2D eigenvalue weighted by Gasteiger charge is 2.31. The van der Waals surface area contributed by atoms with Crippen LogP contribution in [0.1, 0.15) is 32.3 Å². The molecule has 0 radical (unpaired) electrons. The average Bonchev–Trinajstić information content (AvgIpc) is 2.47. The van der Waals surface area contributed by atoms with Crippen LogP contribution in [0.25, 0.3) is 0 Å². The molecular weight excluding hydrogens is 266 g/mol. The number of nitrogens with zero attached hydrogens (tertiary/aromatic N) is 2. The normalized spacial score (nSPS) is 19.5. The van der Waals surface area contributed by atoms with Gasteiger partial charge in [0.15, 0.2) is 0 Å². The molecule has 0 aromatic heterocycles. The van der Waals surface area contributed by atoms with Crippen molar-refractivity contribution in [3.63, 3.8) is 0 Å². The summed E-state index contributed by atoms with van der Waals surface area (Å²) >= 11 is 0. The van der Waals surface area contributed by atoms with Gasteiger partial charge in [-0.1, -0.05) is 12.1 Å². The van der Waals surface area contributed by atoms with E-state index in [0.717, 1.165) is 0 Å². The van der Waals surface area contributed by atoms with Crippen LogP contribution in [0.4, 0.5) is 5.69 Å². The fraction of sp³-hybridized carbons (Fsp3) is 0.500. The highest BCUT2D eigenvalue weighted by molar-refractivity contribution is 5.95. The van der Waals surface area contributed by atoms with Crippen LogP contribution in [0.15, 0.2) is 24.3 Å². The van der Waals surface area contributed by atoms with Crippen LogP contribution in [-0.2, 0) is 4.79 Å². The van der Waals surface area contributed by atoms with Crippen LogP contribution in [0.3, 0.4) is 0 Å². The van der Waals surface area contributed by atoms with Gasteiger partial charge in [-0.3, -0.25) is 9.69 Å². The highest BCUT2D eigenvalue weighted by atomic mass is 16.3. The van der Waals surface area contributed by atoms with E-state index in [4.69, 9.17) is 5.26 Å². The van der Waals surface area contributed by atoms with Gasteiger partial charge in [-0.15, -0.1) is 0 Å². The van der Waals surface area contributed by atoms with Crippen LogP contribution >= 0.6 is 0 Å². The summed E-state index contributed by atoms with van der Waals surface area (Å²) in [5.41, 5.74) is 0.376. The number of hydrogen-bond donors (Lipinski definition) is 2. The lowest BCUT2D eigenvalue weighted by atomic mass is 9.93. The quantitative estimate of drug-likeness (QED) is 0.887. The predicted molar refractivity (Wildman–Crippen MR) is 80.7 cm³/mol. The molecule has 2 N–H and O–H groups in total. The number of benzene rings is 1. The van der Waals surface area contributed by atoms with Gasteiger partial charge < -0.3 is 10.4 Å². The maximum absolute atomic E-state index is 12.3. The van der Waals surface area contributed by atoms with Gasteiger partial charge in [-0.05, 0) is 38.8 Å². The molecule has 0 aliphatic carbocycles. The molecule has 1 unspecified atom stereocenters. The number of anilines is 1. The Bertz CT molecular complexity index is 553. The van der Waals surface area contributed by atoms with Gasteiger partial charge in [0.1, 0.15) is 6.07 Å². The monoisotopic (exact) mass is 287 g/mol. The number of rotatable bonds is 3. The summed E-state index contributed by atoms with van der Waals surface area (Å²) in [4.78, 5) is 14.4. The molecule has 0 spiro atoms. The molecule has 0 saturated carbocycles. The Morgan fingerprint density at radius 2 is 2.05 bits per heavy atom. The molecule has 1 fully saturated rings. The molecule has 1 saturated heterocycles. The number of nitrogens with one attached hydrogen (secondary N) is 1. The fourth-order valence-corrected chi connectivity index (χ4v) is 2.49. The van der Waals surface area contributed by atoms with Crippen molar-refractivity contribution < 1.29 is 9.90 Å². The zero-order valence-electron chi connectivity index (χ0n) is 12.5. The summed E-state index contributed by atoms with van der Waals surface area (Å²) in [6.45, 7) is 5.07. The molecule has 1 heterocycles. The Morgan fingerprint density at radius 1 is 1.43 bits per heavy atom. The van der Waals surface area contributed by atoms with Crippen molar-refractivity contribution >= 4 is 11.6 Å². The van der Waals surface area contributed by atoms with E-state index in [0.29, 0.717) is 37.2 Å². The van der Waals surface area contributed by atoms with Gasteiger partial charge in [-0.25, -0.2) is 0 Å². The molecule has 21 heavy (non-hydrogen) atoms. The number of hydrogen-bond acceptors (Lipinski definition) is 4. The van der Waals surface area contributed by atoms with Gasteiger partial charge in [0.05, 0.1) is 22.9 Å².